The average molecular weight is 329 g/mol. The van der Waals surface area contributed by atoms with E-state index in [9.17, 15) is 19.8 Å². The fourth-order valence-electron chi connectivity index (χ4n) is 2.16. The van der Waals surface area contributed by atoms with Crippen molar-refractivity contribution in [1.82, 2.24) is 0 Å². The molecule has 2 aromatic carbocycles. The second kappa shape index (κ2) is 7.82. The molecule has 0 saturated carbocycles. The third kappa shape index (κ3) is 4.35. The average Bonchev–Trinajstić information content (AvgIpc) is 2.55. The van der Waals surface area contributed by atoms with Crippen LogP contribution in [0.15, 0.2) is 47.6 Å². The monoisotopic (exact) mass is 329 g/mol. The molecule has 0 bridgehead atoms. The molecule has 2 rings (SSSR count). The lowest BCUT2D eigenvalue weighted by Crippen LogP contribution is -2.04. The third-order valence-electron chi connectivity index (χ3n) is 3.22. The Morgan fingerprint density at radius 3 is 2.71 bits per heavy atom. The number of carbonyl (C=O) groups is 1. The van der Waals surface area contributed by atoms with Crippen molar-refractivity contribution in [3.8, 4) is 0 Å². The highest BCUT2D eigenvalue weighted by Crippen LogP contribution is 2.32. The number of nitro groups is 1. The zero-order chi connectivity index (χ0) is 17.5. The van der Waals surface area contributed by atoms with Gasteiger partial charge in [-0.25, -0.2) is 0 Å². The molecule has 8 heteroatoms. The zero-order valence-corrected chi connectivity index (χ0v) is 12.9. The van der Waals surface area contributed by atoms with Gasteiger partial charge in [0.15, 0.2) is 0 Å². The van der Waals surface area contributed by atoms with Gasteiger partial charge in [-0.15, -0.1) is 4.91 Å². The summed E-state index contributed by atoms with van der Waals surface area (Å²) in [5.41, 5.74) is 1.61. The summed E-state index contributed by atoms with van der Waals surface area (Å²) in [6, 6.07) is 11.0. The number of nitroso groups, excluding NO2 is 1. The first kappa shape index (κ1) is 17.1. The van der Waals surface area contributed by atoms with Gasteiger partial charge in [-0.05, 0) is 22.9 Å². The molecule has 124 valence electrons. The van der Waals surface area contributed by atoms with E-state index in [1.54, 1.807) is 30.3 Å². The number of nitrogens with one attached hydrogen (secondary N) is 1. The maximum atomic E-state index is 11.2. The van der Waals surface area contributed by atoms with Crippen LogP contribution in [-0.4, -0.2) is 17.5 Å². The van der Waals surface area contributed by atoms with E-state index in [2.05, 4.69) is 10.5 Å². The van der Waals surface area contributed by atoms with Crippen LogP contribution in [0.2, 0.25) is 0 Å². The van der Waals surface area contributed by atoms with Crippen LogP contribution in [-0.2, 0) is 16.0 Å². The molecule has 0 aliphatic rings. The Bertz CT molecular complexity index is 776. The predicted octanol–water partition coefficient (Wildman–Crippen LogP) is 3.84. The number of anilines is 2. The van der Waals surface area contributed by atoms with Crippen molar-refractivity contribution in [1.29, 1.82) is 0 Å². The fourth-order valence-corrected chi connectivity index (χ4v) is 2.16. The molecule has 0 aromatic heterocycles. The Hall–Kier alpha value is -3.29. The first-order chi connectivity index (χ1) is 11.5. The lowest BCUT2D eigenvalue weighted by Gasteiger charge is -2.11. The topological polar surface area (TPSA) is 111 Å². The van der Waals surface area contributed by atoms with Crippen molar-refractivity contribution >= 4 is 28.7 Å². The first-order valence-electron chi connectivity index (χ1n) is 7.11. The van der Waals surface area contributed by atoms with Crippen molar-refractivity contribution in [3.63, 3.8) is 0 Å². The minimum atomic E-state index is -0.500. The molecule has 0 saturated heterocycles. The molecule has 24 heavy (non-hydrogen) atoms. The molecule has 0 fully saturated rings. The van der Waals surface area contributed by atoms with E-state index in [1.807, 2.05) is 0 Å². The maximum absolute atomic E-state index is 11.2. The SMILES string of the molecule is CC(=O)OCCc1cccc(Nc2cccc([N+](=O)[O-])c2)c1N=O. The second-order valence-electron chi connectivity index (χ2n) is 4.93. The normalized spacial score (nSPS) is 10.0. The van der Waals surface area contributed by atoms with Crippen LogP contribution in [0.5, 0.6) is 0 Å². The van der Waals surface area contributed by atoms with E-state index in [0.717, 1.165) is 0 Å². The quantitative estimate of drug-likeness (QED) is 0.357. The largest absolute Gasteiger partial charge is 0.466 e. The molecule has 0 aliphatic carbocycles. The molecule has 0 heterocycles. The Morgan fingerprint density at radius 1 is 1.29 bits per heavy atom. The molecule has 1 N–H and O–H groups in total. The van der Waals surface area contributed by atoms with Crippen molar-refractivity contribution in [2.75, 3.05) is 11.9 Å². The van der Waals surface area contributed by atoms with Gasteiger partial charge in [0.1, 0.15) is 5.69 Å². The Balaban J connectivity index is 2.23. The highest BCUT2D eigenvalue weighted by Gasteiger charge is 2.12. The summed E-state index contributed by atoms with van der Waals surface area (Å²) in [5.74, 6) is -0.401. The molecular formula is C16H15N3O5. The molecule has 8 nitrogen and oxygen atoms in total. The minimum absolute atomic E-state index is 0.0633. The molecule has 0 amide bonds. The smallest absolute Gasteiger partial charge is 0.302 e. The number of ether oxygens (including phenoxy) is 1. The van der Waals surface area contributed by atoms with Gasteiger partial charge in [-0.3, -0.25) is 14.9 Å². The van der Waals surface area contributed by atoms with Crippen LogP contribution in [0.4, 0.5) is 22.7 Å². The van der Waals surface area contributed by atoms with Gasteiger partial charge < -0.3 is 10.1 Å². The molecule has 2 aromatic rings. The van der Waals surface area contributed by atoms with Gasteiger partial charge in [0.25, 0.3) is 5.69 Å². The summed E-state index contributed by atoms with van der Waals surface area (Å²) in [6.45, 7) is 1.44. The van der Waals surface area contributed by atoms with Crippen LogP contribution in [0.1, 0.15) is 12.5 Å². The van der Waals surface area contributed by atoms with Gasteiger partial charge >= 0.3 is 5.97 Å². The first-order valence-corrected chi connectivity index (χ1v) is 7.11. The number of rotatable bonds is 7. The maximum Gasteiger partial charge on any atom is 0.302 e. The fraction of sp³-hybridized carbons (Fsp3) is 0.188. The van der Waals surface area contributed by atoms with E-state index in [1.165, 1.54) is 19.1 Å². The number of benzene rings is 2. The predicted molar refractivity (Wildman–Crippen MR) is 88.6 cm³/mol. The summed E-state index contributed by atoms with van der Waals surface area (Å²) < 4.78 is 4.87. The van der Waals surface area contributed by atoms with Gasteiger partial charge in [-0.1, -0.05) is 18.2 Å². The minimum Gasteiger partial charge on any atom is -0.466 e. The van der Waals surface area contributed by atoms with Crippen molar-refractivity contribution < 1.29 is 14.5 Å². The van der Waals surface area contributed by atoms with Gasteiger partial charge in [0, 0.05) is 31.2 Å². The standard InChI is InChI=1S/C16H15N3O5/c1-11(20)24-9-8-12-4-2-7-15(16(12)18-21)17-13-5-3-6-14(10-13)19(22)23/h2-7,10,17H,8-9H2,1H3. The number of hydrogen-bond donors (Lipinski definition) is 1. The number of hydrogen-bond acceptors (Lipinski definition) is 7. The number of non-ortho nitro benzene ring substituents is 1. The van der Waals surface area contributed by atoms with Crippen molar-refractivity contribution in [2.24, 2.45) is 5.18 Å². The van der Waals surface area contributed by atoms with E-state index < -0.39 is 10.9 Å². The molecule has 0 aliphatic heterocycles. The summed E-state index contributed by atoms with van der Waals surface area (Å²) in [5, 5.41) is 16.8. The Kier molecular flexibility index (Phi) is 5.56. The van der Waals surface area contributed by atoms with E-state index >= 15 is 0 Å². The molecular weight excluding hydrogens is 314 g/mol. The Labute approximate surface area is 137 Å². The summed E-state index contributed by atoms with van der Waals surface area (Å²) in [7, 11) is 0. The van der Waals surface area contributed by atoms with E-state index in [0.29, 0.717) is 23.4 Å². The highest BCUT2D eigenvalue weighted by atomic mass is 16.6. The summed E-state index contributed by atoms with van der Waals surface area (Å²) in [4.78, 5) is 32.3. The van der Waals surface area contributed by atoms with E-state index in [4.69, 9.17) is 4.74 Å². The molecule has 0 unspecified atom stereocenters. The summed E-state index contributed by atoms with van der Waals surface area (Å²) in [6.07, 6.45) is 0.338. The number of nitrogens with zero attached hydrogens (tertiary/aromatic N) is 2. The zero-order valence-electron chi connectivity index (χ0n) is 12.9. The van der Waals surface area contributed by atoms with Crippen LogP contribution in [0, 0.1) is 15.0 Å². The third-order valence-corrected chi connectivity index (χ3v) is 3.22. The molecule has 0 radical (unpaired) electrons. The van der Waals surface area contributed by atoms with E-state index in [-0.39, 0.29) is 18.0 Å². The van der Waals surface area contributed by atoms with Crippen LogP contribution >= 0.6 is 0 Å². The lowest BCUT2D eigenvalue weighted by molar-refractivity contribution is -0.384. The number of esters is 1. The number of carbonyl (C=O) groups excluding carboxylic acids is 1. The molecule has 0 atom stereocenters. The van der Waals surface area contributed by atoms with Gasteiger partial charge in [0.05, 0.1) is 17.2 Å². The lowest BCUT2D eigenvalue weighted by atomic mass is 10.1. The van der Waals surface area contributed by atoms with Crippen molar-refractivity contribution in [3.05, 3.63) is 63.0 Å². The summed E-state index contributed by atoms with van der Waals surface area (Å²) >= 11 is 0. The van der Waals surface area contributed by atoms with Crippen LogP contribution in [0.25, 0.3) is 0 Å². The van der Waals surface area contributed by atoms with Crippen molar-refractivity contribution in [2.45, 2.75) is 13.3 Å². The highest BCUT2D eigenvalue weighted by molar-refractivity contribution is 5.75. The van der Waals surface area contributed by atoms with Gasteiger partial charge in [-0.2, -0.15) is 0 Å². The van der Waals surface area contributed by atoms with Crippen LogP contribution < -0.4 is 5.32 Å². The van der Waals surface area contributed by atoms with Gasteiger partial charge in [0.2, 0.25) is 0 Å². The molecule has 0 spiro atoms. The second-order valence-corrected chi connectivity index (χ2v) is 4.93. The Morgan fingerprint density at radius 2 is 2.04 bits per heavy atom. The van der Waals surface area contributed by atoms with Crippen LogP contribution in [0.3, 0.4) is 0 Å². The number of nitro benzene ring substituents is 1.